The molecule has 2 atom stereocenters. The average Bonchev–Trinajstić information content (AvgIpc) is 3.56. The third-order valence-electron chi connectivity index (χ3n) is 5.90. The molecule has 34 heavy (non-hydrogen) atoms. The molecule has 0 aliphatic heterocycles. The zero-order valence-electron chi connectivity index (χ0n) is 19.1. The average molecular weight is 469 g/mol. The number of nitrogens with zero attached hydrogens (tertiary/aromatic N) is 2. The number of benzene rings is 2. The summed E-state index contributed by atoms with van der Waals surface area (Å²) in [6.45, 7) is 2.08. The Bertz CT molecular complexity index is 1190. The minimum atomic E-state index is -0.797. The Morgan fingerprint density at radius 2 is 1.91 bits per heavy atom. The molecule has 0 bridgehead atoms. The number of carbonyl (C=O) groups excluding carboxylic acids is 1. The van der Waals surface area contributed by atoms with E-state index in [1.807, 2.05) is 0 Å². The maximum Gasteiger partial charge on any atom is 0.228 e. The highest BCUT2D eigenvalue weighted by Gasteiger charge is 2.60. The van der Waals surface area contributed by atoms with Gasteiger partial charge in [0.05, 0.1) is 32.4 Å². The largest absolute Gasteiger partial charge is 0.497 e. The van der Waals surface area contributed by atoms with Gasteiger partial charge in [-0.15, -0.1) is 0 Å². The lowest BCUT2D eigenvalue weighted by atomic mass is 9.93. The molecule has 0 spiro atoms. The normalized spacial score (nSPS) is 18.9. The molecule has 1 aromatic heterocycles. The maximum absolute atomic E-state index is 14.4. The molecule has 7 nitrogen and oxygen atoms in total. The Morgan fingerprint density at radius 1 is 1.15 bits per heavy atom. The third-order valence-corrected chi connectivity index (χ3v) is 5.90. The van der Waals surface area contributed by atoms with E-state index in [2.05, 4.69) is 15.3 Å². The summed E-state index contributed by atoms with van der Waals surface area (Å²) in [6, 6.07) is 9.88. The Morgan fingerprint density at radius 3 is 2.62 bits per heavy atom. The van der Waals surface area contributed by atoms with Crippen LogP contribution in [0.3, 0.4) is 0 Å². The maximum atomic E-state index is 14.4. The molecule has 1 fully saturated rings. The number of carbonyl (C=O) groups is 1. The van der Waals surface area contributed by atoms with Crippen LogP contribution in [0.25, 0.3) is 0 Å². The van der Waals surface area contributed by atoms with Gasteiger partial charge >= 0.3 is 0 Å². The summed E-state index contributed by atoms with van der Waals surface area (Å²) in [6.07, 6.45) is 1.99. The fraction of sp³-hybridized carbons (Fsp3) is 0.320. The summed E-state index contributed by atoms with van der Waals surface area (Å²) in [5, 5.41) is 2.81. The van der Waals surface area contributed by atoms with Crippen molar-refractivity contribution in [1.29, 1.82) is 0 Å². The van der Waals surface area contributed by atoms with E-state index in [0.717, 1.165) is 0 Å². The first-order valence-electron chi connectivity index (χ1n) is 10.7. The van der Waals surface area contributed by atoms with Gasteiger partial charge in [0.1, 0.15) is 28.9 Å². The lowest BCUT2D eigenvalue weighted by molar-refractivity contribution is -0.117. The van der Waals surface area contributed by atoms with Crippen LogP contribution in [0.15, 0.2) is 48.7 Å². The number of methoxy groups -OCH3 is 2. The van der Waals surface area contributed by atoms with E-state index in [1.54, 1.807) is 26.3 Å². The first-order chi connectivity index (χ1) is 16.3. The van der Waals surface area contributed by atoms with Crippen molar-refractivity contribution < 1.29 is 27.8 Å². The summed E-state index contributed by atoms with van der Waals surface area (Å²) in [5.41, 5.74) is 0.841. The van der Waals surface area contributed by atoms with E-state index in [1.165, 1.54) is 43.5 Å². The van der Waals surface area contributed by atoms with Gasteiger partial charge in [-0.25, -0.2) is 18.7 Å². The van der Waals surface area contributed by atoms with Gasteiger partial charge in [0.15, 0.2) is 5.75 Å². The molecule has 3 aromatic rings. The second-order valence-corrected chi connectivity index (χ2v) is 8.24. The van der Waals surface area contributed by atoms with Crippen molar-refractivity contribution in [3.63, 3.8) is 0 Å². The SMILES string of the molecule is COCc1nc(C)ncc1OC[C@@]1(c2cc(F)cc(OC)c2)C[C@H]1C(=O)Nc1ccc(F)cc1. The molecule has 1 N–H and O–H groups in total. The molecular formula is C25H25F2N3O4. The van der Waals surface area contributed by atoms with Crippen LogP contribution >= 0.6 is 0 Å². The number of amides is 1. The van der Waals surface area contributed by atoms with Gasteiger partial charge in [-0.1, -0.05) is 0 Å². The van der Waals surface area contributed by atoms with Crippen molar-refractivity contribution in [2.75, 3.05) is 26.1 Å². The molecule has 1 saturated carbocycles. The quantitative estimate of drug-likeness (QED) is 0.506. The van der Waals surface area contributed by atoms with Gasteiger partial charge in [-0.2, -0.15) is 0 Å². The van der Waals surface area contributed by atoms with Gasteiger partial charge < -0.3 is 19.5 Å². The smallest absolute Gasteiger partial charge is 0.228 e. The van der Waals surface area contributed by atoms with Crippen molar-refractivity contribution in [3.8, 4) is 11.5 Å². The van der Waals surface area contributed by atoms with Crippen molar-refractivity contribution in [1.82, 2.24) is 9.97 Å². The first-order valence-corrected chi connectivity index (χ1v) is 10.7. The zero-order valence-corrected chi connectivity index (χ0v) is 19.1. The van der Waals surface area contributed by atoms with Gasteiger partial charge in [-0.3, -0.25) is 4.79 Å². The molecule has 0 unspecified atom stereocenters. The van der Waals surface area contributed by atoms with Crippen LogP contribution in [0.1, 0.15) is 23.5 Å². The number of rotatable bonds is 9. The molecule has 0 saturated heterocycles. The molecule has 178 valence electrons. The lowest BCUT2D eigenvalue weighted by Crippen LogP contribution is -2.27. The van der Waals surface area contributed by atoms with E-state index >= 15 is 0 Å². The lowest BCUT2D eigenvalue weighted by Gasteiger charge is -2.21. The molecule has 4 rings (SSSR count). The summed E-state index contributed by atoms with van der Waals surface area (Å²) in [5.74, 6) is -0.287. The second-order valence-electron chi connectivity index (χ2n) is 8.24. The molecule has 1 aliphatic rings. The van der Waals surface area contributed by atoms with Crippen molar-refractivity contribution >= 4 is 11.6 Å². The Balaban J connectivity index is 1.62. The van der Waals surface area contributed by atoms with E-state index in [9.17, 15) is 13.6 Å². The van der Waals surface area contributed by atoms with E-state index < -0.39 is 23.0 Å². The zero-order chi connectivity index (χ0) is 24.3. The predicted molar refractivity (Wildman–Crippen MR) is 121 cm³/mol. The molecule has 2 aromatic carbocycles. The third kappa shape index (κ3) is 4.99. The summed E-state index contributed by atoms with van der Waals surface area (Å²) in [4.78, 5) is 21.6. The van der Waals surface area contributed by atoms with Gasteiger partial charge in [0.2, 0.25) is 5.91 Å². The summed E-state index contributed by atoms with van der Waals surface area (Å²) >= 11 is 0. The number of aryl methyl sites for hydroxylation is 1. The van der Waals surface area contributed by atoms with Crippen LogP contribution in [-0.2, 0) is 21.6 Å². The number of ether oxygens (including phenoxy) is 3. The van der Waals surface area contributed by atoms with Crippen molar-refractivity contribution in [2.24, 2.45) is 5.92 Å². The second kappa shape index (κ2) is 9.72. The molecule has 0 radical (unpaired) electrons. The Hall–Kier alpha value is -3.59. The van der Waals surface area contributed by atoms with Crippen molar-refractivity contribution in [3.05, 3.63) is 77.4 Å². The predicted octanol–water partition coefficient (Wildman–Crippen LogP) is 4.19. The highest BCUT2D eigenvalue weighted by molar-refractivity contribution is 5.96. The molecule has 9 heteroatoms. The molecule has 1 heterocycles. The van der Waals surface area contributed by atoms with Crippen molar-refractivity contribution in [2.45, 2.75) is 25.4 Å². The minimum Gasteiger partial charge on any atom is -0.497 e. The standard InChI is InChI=1S/C25H25F2N3O4/c1-15-28-12-23(22(29-15)13-32-2)34-14-25(16-8-18(27)10-20(9-16)33-3)11-21(25)24(31)30-19-6-4-17(26)5-7-19/h4-10,12,21H,11,13-14H2,1-3H3,(H,30,31)/t21-,25+/m0/s1. The molecule has 1 aliphatic carbocycles. The number of nitrogens with one attached hydrogen (secondary N) is 1. The van der Waals surface area contributed by atoms with Crippen LogP contribution < -0.4 is 14.8 Å². The van der Waals surface area contributed by atoms with Crippen LogP contribution in [0, 0.1) is 24.5 Å². The van der Waals surface area contributed by atoms with E-state index in [-0.39, 0.29) is 19.1 Å². The number of hydrogen-bond donors (Lipinski definition) is 1. The Labute approximate surface area is 196 Å². The van der Waals surface area contributed by atoms with Gasteiger partial charge in [0.25, 0.3) is 0 Å². The topological polar surface area (TPSA) is 82.6 Å². The van der Waals surface area contributed by atoms with Crippen LogP contribution in [0.5, 0.6) is 11.5 Å². The Kier molecular flexibility index (Phi) is 6.74. The number of anilines is 1. The monoisotopic (exact) mass is 469 g/mol. The van der Waals surface area contributed by atoms with Gasteiger partial charge in [-0.05, 0) is 55.3 Å². The molecular weight excluding hydrogens is 444 g/mol. The number of halogens is 2. The fourth-order valence-electron chi connectivity index (χ4n) is 4.01. The van der Waals surface area contributed by atoms with Crippen LogP contribution in [0.2, 0.25) is 0 Å². The number of aromatic nitrogens is 2. The highest BCUT2D eigenvalue weighted by Crippen LogP contribution is 2.55. The number of hydrogen-bond acceptors (Lipinski definition) is 6. The summed E-state index contributed by atoms with van der Waals surface area (Å²) in [7, 11) is 3.01. The van der Waals surface area contributed by atoms with Gasteiger partial charge in [0, 0.05) is 24.3 Å². The summed E-state index contributed by atoms with van der Waals surface area (Å²) < 4.78 is 44.1. The fourth-order valence-corrected chi connectivity index (χ4v) is 4.01. The highest BCUT2D eigenvalue weighted by atomic mass is 19.1. The van der Waals surface area contributed by atoms with Crippen LogP contribution in [-0.4, -0.2) is 36.7 Å². The minimum absolute atomic E-state index is 0.0875. The van der Waals surface area contributed by atoms with E-state index in [0.29, 0.717) is 40.7 Å². The molecule has 1 amide bonds. The van der Waals surface area contributed by atoms with Crippen LogP contribution in [0.4, 0.5) is 14.5 Å². The van der Waals surface area contributed by atoms with E-state index in [4.69, 9.17) is 14.2 Å². The first kappa shape index (κ1) is 23.6.